The van der Waals surface area contributed by atoms with Crippen LogP contribution < -0.4 is 5.73 Å². The highest BCUT2D eigenvalue weighted by Crippen LogP contribution is 2.21. The second-order valence-corrected chi connectivity index (χ2v) is 6.17. The molecule has 2 N–H and O–H groups in total. The van der Waals surface area contributed by atoms with Gasteiger partial charge < -0.3 is 15.4 Å². The standard InChI is InChI=1S/C16H24N2O2/c1-12-4-6-13(7-5-12)8-15(19)18-10-14(9-17)20-16(2,3)11-18/h4-7,14H,8-11,17H2,1-3H3. The van der Waals surface area contributed by atoms with Crippen molar-refractivity contribution in [3.05, 3.63) is 35.4 Å². The Morgan fingerprint density at radius 2 is 2.05 bits per heavy atom. The zero-order valence-electron chi connectivity index (χ0n) is 12.6. The summed E-state index contributed by atoms with van der Waals surface area (Å²) in [5.74, 6) is 0.142. The Balaban J connectivity index is 2.02. The number of nitrogens with zero attached hydrogens (tertiary/aromatic N) is 1. The van der Waals surface area contributed by atoms with Crippen LogP contribution in [0.1, 0.15) is 25.0 Å². The molecule has 1 fully saturated rings. The lowest BCUT2D eigenvalue weighted by Crippen LogP contribution is -2.56. The highest BCUT2D eigenvalue weighted by Gasteiger charge is 2.34. The summed E-state index contributed by atoms with van der Waals surface area (Å²) in [5, 5.41) is 0. The van der Waals surface area contributed by atoms with Crippen molar-refractivity contribution in [3.8, 4) is 0 Å². The molecule has 0 radical (unpaired) electrons. The van der Waals surface area contributed by atoms with Gasteiger partial charge in [0, 0.05) is 19.6 Å². The monoisotopic (exact) mass is 276 g/mol. The summed E-state index contributed by atoms with van der Waals surface area (Å²) in [4.78, 5) is 14.3. The van der Waals surface area contributed by atoms with Crippen LogP contribution in [0.5, 0.6) is 0 Å². The van der Waals surface area contributed by atoms with Gasteiger partial charge >= 0.3 is 0 Å². The van der Waals surface area contributed by atoms with Crippen molar-refractivity contribution in [1.82, 2.24) is 4.90 Å². The van der Waals surface area contributed by atoms with Crippen LogP contribution in [-0.2, 0) is 16.0 Å². The number of hydrogen-bond donors (Lipinski definition) is 1. The largest absolute Gasteiger partial charge is 0.367 e. The topological polar surface area (TPSA) is 55.6 Å². The molecule has 110 valence electrons. The van der Waals surface area contributed by atoms with Crippen LogP contribution in [0.4, 0.5) is 0 Å². The number of nitrogens with two attached hydrogens (primary N) is 1. The summed E-state index contributed by atoms with van der Waals surface area (Å²) in [7, 11) is 0. The van der Waals surface area contributed by atoms with Gasteiger partial charge in [0.1, 0.15) is 0 Å². The molecule has 4 heteroatoms. The molecule has 0 aliphatic carbocycles. The lowest BCUT2D eigenvalue weighted by molar-refractivity contribution is -0.158. The van der Waals surface area contributed by atoms with E-state index in [9.17, 15) is 4.79 Å². The molecule has 1 aromatic rings. The molecule has 0 bridgehead atoms. The summed E-state index contributed by atoms with van der Waals surface area (Å²) in [5.41, 5.74) is 7.62. The van der Waals surface area contributed by atoms with E-state index in [1.54, 1.807) is 0 Å². The van der Waals surface area contributed by atoms with E-state index in [0.29, 0.717) is 26.1 Å². The van der Waals surface area contributed by atoms with Crippen molar-refractivity contribution >= 4 is 5.91 Å². The van der Waals surface area contributed by atoms with Crippen molar-refractivity contribution in [1.29, 1.82) is 0 Å². The van der Waals surface area contributed by atoms with Crippen LogP contribution in [0.3, 0.4) is 0 Å². The Morgan fingerprint density at radius 1 is 1.40 bits per heavy atom. The SMILES string of the molecule is Cc1ccc(CC(=O)N2CC(CN)OC(C)(C)C2)cc1. The molecule has 1 amide bonds. The number of benzene rings is 1. The van der Waals surface area contributed by atoms with E-state index in [2.05, 4.69) is 0 Å². The van der Waals surface area contributed by atoms with Gasteiger partial charge in [0.25, 0.3) is 0 Å². The van der Waals surface area contributed by atoms with Gasteiger partial charge in [-0.3, -0.25) is 4.79 Å². The van der Waals surface area contributed by atoms with Gasteiger partial charge in [-0.15, -0.1) is 0 Å². The molecule has 1 heterocycles. The molecular formula is C16H24N2O2. The smallest absolute Gasteiger partial charge is 0.227 e. The van der Waals surface area contributed by atoms with E-state index in [1.165, 1.54) is 5.56 Å². The molecule has 1 atom stereocenters. The predicted molar refractivity (Wildman–Crippen MR) is 79.5 cm³/mol. The van der Waals surface area contributed by atoms with Gasteiger partial charge in [0.2, 0.25) is 5.91 Å². The molecule has 0 saturated carbocycles. The van der Waals surface area contributed by atoms with Crippen molar-refractivity contribution in [2.24, 2.45) is 5.73 Å². The molecule has 4 nitrogen and oxygen atoms in total. The Morgan fingerprint density at radius 3 is 2.65 bits per heavy atom. The molecule has 20 heavy (non-hydrogen) atoms. The zero-order chi connectivity index (χ0) is 14.8. The van der Waals surface area contributed by atoms with Crippen LogP contribution in [0.25, 0.3) is 0 Å². The van der Waals surface area contributed by atoms with Gasteiger partial charge in [0.15, 0.2) is 0 Å². The van der Waals surface area contributed by atoms with Gasteiger partial charge in [-0.1, -0.05) is 29.8 Å². The van der Waals surface area contributed by atoms with Crippen molar-refractivity contribution < 1.29 is 9.53 Å². The number of amides is 1. The van der Waals surface area contributed by atoms with E-state index in [4.69, 9.17) is 10.5 Å². The number of ether oxygens (including phenoxy) is 1. The maximum absolute atomic E-state index is 12.4. The maximum atomic E-state index is 12.4. The maximum Gasteiger partial charge on any atom is 0.227 e. The fraction of sp³-hybridized carbons (Fsp3) is 0.562. The summed E-state index contributed by atoms with van der Waals surface area (Å²) in [6.07, 6.45) is 0.369. The number of morpholine rings is 1. The third-order valence-electron chi connectivity index (χ3n) is 3.57. The minimum absolute atomic E-state index is 0.0688. The number of rotatable bonds is 3. The Kier molecular flexibility index (Phi) is 4.45. The molecule has 0 aromatic heterocycles. The lowest BCUT2D eigenvalue weighted by Gasteiger charge is -2.42. The van der Waals surface area contributed by atoms with Crippen LogP contribution in [0.2, 0.25) is 0 Å². The van der Waals surface area contributed by atoms with Crippen LogP contribution >= 0.6 is 0 Å². The molecule has 0 spiro atoms. The molecule has 1 saturated heterocycles. The van der Waals surface area contributed by atoms with E-state index >= 15 is 0 Å². The molecule has 1 unspecified atom stereocenters. The second kappa shape index (κ2) is 5.94. The molecule has 1 aromatic carbocycles. The average molecular weight is 276 g/mol. The highest BCUT2D eigenvalue weighted by molar-refractivity contribution is 5.79. The fourth-order valence-corrected chi connectivity index (χ4v) is 2.60. The van der Waals surface area contributed by atoms with Crippen molar-refractivity contribution in [2.45, 2.75) is 38.9 Å². The predicted octanol–water partition coefficient (Wildman–Crippen LogP) is 1.50. The average Bonchev–Trinajstić information content (AvgIpc) is 2.39. The van der Waals surface area contributed by atoms with Gasteiger partial charge in [0.05, 0.1) is 18.1 Å². The van der Waals surface area contributed by atoms with Crippen LogP contribution in [-0.4, -0.2) is 42.1 Å². The third kappa shape index (κ3) is 3.81. The van der Waals surface area contributed by atoms with Crippen molar-refractivity contribution in [2.75, 3.05) is 19.6 Å². The number of carbonyl (C=O) groups is 1. The summed E-state index contributed by atoms with van der Waals surface area (Å²) in [6, 6.07) is 8.10. The Labute approximate surface area is 120 Å². The number of aryl methyl sites for hydroxylation is 1. The first-order valence-electron chi connectivity index (χ1n) is 7.11. The lowest BCUT2D eigenvalue weighted by atomic mass is 10.0. The fourth-order valence-electron chi connectivity index (χ4n) is 2.60. The first-order valence-corrected chi connectivity index (χ1v) is 7.11. The van der Waals surface area contributed by atoms with E-state index in [1.807, 2.05) is 49.9 Å². The number of hydrogen-bond acceptors (Lipinski definition) is 3. The highest BCUT2D eigenvalue weighted by atomic mass is 16.5. The summed E-state index contributed by atoms with van der Waals surface area (Å²) in [6.45, 7) is 7.69. The third-order valence-corrected chi connectivity index (χ3v) is 3.57. The van der Waals surface area contributed by atoms with E-state index in [0.717, 1.165) is 5.56 Å². The van der Waals surface area contributed by atoms with Crippen LogP contribution in [0, 0.1) is 6.92 Å². The molecule has 1 aliphatic rings. The quantitative estimate of drug-likeness (QED) is 0.910. The minimum Gasteiger partial charge on any atom is -0.367 e. The summed E-state index contributed by atoms with van der Waals surface area (Å²) >= 11 is 0. The van der Waals surface area contributed by atoms with Gasteiger partial charge in [-0.2, -0.15) is 0 Å². The first-order chi connectivity index (χ1) is 9.39. The van der Waals surface area contributed by atoms with Crippen LogP contribution in [0.15, 0.2) is 24.3 Å². The zero-order valence-corrected chi connectivity index (χ0v) is 12.6. The minimum atomic E-state index is -0.328. The second-order valence-electron chi connectivity index (χ2n) is 6.17. The van der Waals surface area contributed by atoms with Crippen molar-refractivity contribution in [3.63, 3.8) is 0 Å². The van der Waals surface area contributed by atoms with Gasteiger partial charge in [-0.25, -0.2) is 0 Å². The van der Waals surface area contributed by atoms with E-state index < -0.39 is 0 Å². The molecule has 1 aliphatic heterocycles. The molecular weight excluding hydrogens is 252 g/mol. The normalized spacial score (nSPS) is 21.8. The Hall–Kier alpha value is -1.39. The first kappa shape index (κ1) is 15.0. The Bertz CT molecular complexity index is 468. The molecule has 2 rings (SSSR count). The summed E-state index contributed by atoms with van der Waals surface area (Å²) < 4.78 is 5.85. The number of carbonyl (C=O) groups excluding carboxylic acids is 1. The van der Waals surface area contributed by atoms with Gasteiger partial charge in [-0.05, 0) is 26.3 Å². The van der Waals surface area contributed by atoms with E-state index in [-0.39, 0.29) is 17.6 Å².